The molecule has 24 heavy (non-hydrogen) atoms. The zero-order chi connectivity index (χ0) is 17.7. The predicted octanol–water partition coefficient (Wildman–Crippen LogP) is 5.11. The third kappa shape index (κ3) is 4.74. The molecule has 2 rings (SSSR count). The van der Waals surface area contributed by atoms with Gasteiger partial charge in [0.25, 0.3) is 0 Å². The molecule has 2 aromatic rings. The van der Waals surface area contributed by atoms with E-state index in [-0.39, 0.29) is 5.91 Å². The van der Waals surface area contributed by atoms with E-state index >= 15 is 0 Å². The maximum Gasteiger partial charge on any atom is 0.224 e. The molecule has 4 nitrogen and oxygen atoms in total. The minimum Gasteiger partial charge on any atom is -0.493 e. The highest BCUT2D eigenvalue weighted by molar-refractivity contribution is 9.10. The molecule has 0 fully saturated rings. The van der Waals surface area contributed by atoms with Crippen molar-refractivity contribution in [1.82, 2.24) is 0 Å². The van der Waals surface area contributed by atoms with Crippen LogP contribution in [0, 0.1) is 6.92 Å². The Bertz CT molecular complexity index is 747. The van der Waals surface area contributed by atoms with Gasteiger partial charge < -0.3 is 14.8 Å². The van der Waals surface area contributed by atoms with Gasteiger partial charge in [0.15, 0.2) is 11.5 Å². The lowest BCUT2D eigenvalue weighted by atomic mass is 10.1. The van der Waals surface area contributed by atoms with Crippen molar-refractivity contribution in [3.8, 4) is 11.5 Å². The van der Waals surface area contributed by atoms with Gasteiger partial charge in [0.1, 0.15) is 0 Å². The van der Waals surface area contributed by atoms with E-state index in [9.17, 15) is 4.79 Å². The minimum atomic E-state index is -0.0405. The van der Waals surface area contributed by atoms with Crippen LogP contribution in [0.15, 0.2) is 39.3 Å². The fraction of sp³-hybridized carbons (Fsp3) is 0.278. The predicted molar refractivity (Wildman–Crippen MR) is 103 cm³/mol. The highest BCUT2D eigenvalue weighted by atomic mass is 79.9. The van der Waals surface area contributed by atoms with Crippen LogP contribution in [0.1, 0.15) is 17.5 Å². The van der Waals surface area contributed by atoms with Crippen molar-refractivity contribution >= 4 is 43.5 Å². The maximum atomic E-state index is 12.2. The molecule has 128 valence electrons. The van der Waals surface area contributed by atoms with E-state index in [0.717, 1.165) is 25.8 Å². The number of anilines is 1. The molecule has 0 saturated heterocycles. The summed E-state index contributed by atoms with van der Waals surface area (Å²) in [6, 6.07) is 9.57. The van der Waals surface area contributed by atoms with Crippen molar-refractivity contribution in [3.05, 3.63) is 50.4 Å². The highest BCUT2D eigenvalue weighted by Crippen LogP contribution is 2.34. The molecule has 0 unspecified atom stereocenters. The standard InChI is InChI=1S/C18H19Br2NO3/c1-11-4-6-15(14(20)8-11)21-18(22)7-5-12-9-16(23-2)17(24-3)10-13(12)19/h4,6,8-10H,5,7H2,1-3H3,(H,21,22). The first-order valence-electron chi connectivity index (χ1n) is 7.41. The second kappa shape index (κ2) is 8.53. The summed E-state index contributed by atoms with van der Waals surface area (Å²) in [5.74, 6) is 1.26. The van der Waals surface area contributed by atoms with Gasteiger partial charge in [0.2, 0.25) is 5.91 Å². The Labute approximate surface area is 158 Å². The largest absolute Gasteiger partial charge is 0.493 e. The lowest BCUT2D eigenvalue weighted by Gasteiger charge is -2.12. The summed E-state index contributed by atoms with van der Waals surface area (Å²) >= 11 is 6.98. The van der Waals surface area contributed by atoms with Gasteiger partial charge in [-0.25, -0.2) is 0 Å². The first kappa shape index (κ1) is 18.8. The van der Waals surface area contributed by atoms with E-state index < -0.39 is 0 Å². The monoisotopic (exact) mass is 455 g/mol. The van der Waals surface area contributed by atoms with Crippen molar-refractivity contribution in [2.24, 2.45) is 0 Å². The second-order valence-electron chi connectivity index (χ2n) is 5.33. The van der Waals surface area contributed by atoms with Crippen LogP contribution in [-0.2, 0) is 11.2 Å². The van der Waals surface area contributed by atoms with E-state index in [4.69, 9.17) is 9.47 Å². The fourth-order valence-electron chi connectivity index (χ4n) is 2.27. The quantitative estimate of drug-likeness (QED) is 0.657. The zero-order valence-corrected chi connectivity index (χ0v) is 17.0. The summed E-state index contributed by atoms with van der Waals surface area (Å²) in [6.45, 7) is 2.00. The molecular weight excluding hydrogens is 438 g/mol. The molecule has 1 amide bonds. The number of ether oxygens (including phenoxy) is 2. The first-order chi connectivity index (χ1) is 11.4. The molecule has 2 aromatic carbocycles. The third-order valence-corrected chi connectivity index (χ3v) is 4.97. The van der Waals surface area contributed by atoms with E-state index in [1.54, 1.807) is 14.2 Å². The summed E-state index contributed by atoms with van der Waals surface area (Å²) in [5, 5.41) is 2.92. The molecule has 0 spiro atoms. The average molecular weight is 457 g/mol. The van der Waals surface area contributed by atoms with E-state index in [1.165, 1.54) is 0 Å². The third-order valence-electron chi connectivity index (χ3n) is 3.57. The SMILES string of the molecule is COc1cc(Br)c(CCC(=O)Nc2ccc(C)cc2Br)cc1OC. The Morgan fingerprint density at radius 3 is 2.33 bits per heavy atom. The van der Waals surface area contributed by atoms with Gasteiger partial charge in [0.05, 0.1) is 19.9 Å². The molecule has 0 bridgehead atoms. The number of benzene rings is 2. The van der Waals surface area contributed by atoms with E-state index in [0.29, 0.717) is 24.3 Å². The summed E-state index contributed by atoms with van der Waals surface area (Å²) in [6.07, 6.45) is 0.963. The number of nitrogens with one attached hydrogen (secondary N) is 1. The molecule has 0 aliphatic carbocycles. The Kier molecular flexibility index (Phi) is 6.69. The number of aryl methyl sites for hydroxylation is 2. The van der Waals surface area contributed by atoms with Gasteiger partial charge in [-0.1, -0.05) is 22.0 Å². The van der Waals surface area contributed by atoms with Crippen LogP contribution in [0.4, 0.5) is 5.69 Å². The van der Waals surface area contributed by atoms with Crippen molar-refractivity contribution < 1.29 is 14.3 Å². The van der Waals surface area contributed by atoms with Gasteiger partial charge in [-0.2, -0.15) is 0 Å². The number of methoxy groups -OCH3 is 2. The molecule has 6 heteroatoms. The van der Waals surface area contributed by atoms with Crippen LogP contribution in [0.2, 0.25) is 0 Å². The molecule has 0 aromatic heterocycles. The zero-order valence-electron chi connectivity index (χ0n) is 13.8. The highest BCUT2D eigenvalue weighted by Gasteiger charge is 2.12. The molecule has 0 atom stereocenters. The average Bonchev–Trinajstić information content (AvgIpc) is 2.56. The van der Waals surface area contributed by atoms with Crippen LogP contribution in [-0.4, -0.2) is 20.1 Å². The van der Waals surface area contributed by atoms with Gasteiger partial charge in [-0.15, -0.1) is 0 Å². The van der Waals surface area contributed by atoms with Crippen LogP contribution in [0.25, 0.3) is 0 Å². The van der Waals surface area contributed by atoms with Crippen molar-refractivity contribution in [2.75, 3.05) is 19.5 Å². The lowest BCUT2D eigenvalue weighted by molar-refractivity contribution is -0.116. The van der Waals surface area contributed by atoms with Crippen LogP contribution < -0.4 is 14.8 Å². The summed E-state index contributed by atoms with van der Waals surface area (Å²) in [4.78, 5) is 12.2. The normalized spacial score (nSPS) is 10.4. The fourth-order valence-corrected chi connectivity index (χ4v) is 3.38. The molecular formula is C18H19Br2NO3. The lowest BCUT2D eigenvalue weighted by Crippen LogP contribution is -2.13. The summed E-state index contributed by atoms with van der Waals surface area (Å²) in [5.41, 5.74) is 2.90. The molecule has 0 saturated carbocycles. The molecule has 0 radical (unpaired) electrons. The Morgan fingerprint density at radius 1 is 1.04 bits per heavy atom. The number of amides is 1. The van der Waals surface area contributed by atoms with Gasteiger partial charge >= 0.3 is 0 Å². The van der Waals surface area contributed by atoms with Crippen LogP contribution in [0.5, 0.6) is 11.5 Å². The van der Waals surface area contributed by atoms with Crippen molar-refractivity contribution in [1.29, 1.82) is 0 Å². The van der Waals surface area contributed by atoms with Crippen LogP contribution in [0.3, 0.4) is 0 Å². The smallest absolute Gasteiger partial charge is 0.224 e. The number of rotatable bonds is 6. The second-order valence-corrected chi connectivity index (χ2v) is 7.04. The van der Waals surface area contributed by atoms with Crippen molar-refractivity contribution in [3.63, 3.8) is 0 Å². The van der Waals surface area contributed by atoms with Gasteiger partial charge in [0, 0.05) is 15.4 Å². The van der Waals surface area contributed by atoms with E-state index in [2.05, 4.69) is 37.2 Å². The maximum absolute atomic E-state index is 12.2. The van der Waals surface area contributed by atoms with E-state index in [1.807, 2.05) is 37.3 Å². The van der Waals surface area contributed by atoms with Gasteiger partial charge in [-0.3, -0.25) is 4.79 Å². The molecule has 0 heterocycles. The first-order valence-corrected chi connectivity index (χ1v) is 8.99. The molecule has 0 aliphatic heterocycles. The number of halogens is 2. The van der Waals surface area contributed by atoms with Gasteiger partial charge in [-0.05, 0) is 64.7 Å². The van der Waals surface area contributed by atoms with Crippen molar-refractivity contribution in [2.45, 2.75) is 19.8 Å². The number of carbonyl (C=O) groups excluding carboxylic acids is 1. The number of carbonyl (C=O) groups is 1. The Balaban J connectivity index is 2.03. The number of hydrogen-bond acceptors (Lipinski definition) is 3. The minimum absolute atomic E-state index is 0.0405. The van der Waals surface area contributed by atoms with Crippen LogP contribution >= 0.6 is 31.9 Å². The number of hydrogen-bond donors (Lipinski definition) is 1. The summed E-state index contributed by atoms with van der Waals surface area (Å²) < 4.78 is 12.3. The summed E-state index contributed by atoms with van der Waals surface area (Å²) in [7, 11) is 3.19. The molecule has 1 N–H and O–H groups in total. The topological polar surface area (TPSA) is 47.6 Å². The Morgan fingerprint density at radius 2 is 1.71 bits per heavy atom. The molecule has 0 aliphatic rings. The Hall–Kier alpha value is -1.53.